The fourth-order valence-electron chi connectivity index (χ4n) is 2.40. The molecule has 0 atom stereocenters. The molecule has 1 N–H and O–H groups in total. The Kier molecular flexibility index (Phi) is 4.39. The van der Waals surface area contributed by atoms with E-state index in [1.54, 1.807) is 18.4 Å². The molecule has 112 valence electrons. The van der Waals surface area contributed by atoms with E-state index >= 15 is 0 Å². The molecule has 3 rings (SSSR count). The Bertz CT molecular complexity index is 794. The topological polar surface area (TPSA) is 38.3 Å². The number of rotatable bonds is 5. The fraction of sp³-hybridized carbons (Fsp3) is 0.167. The normalized spacial score (nSPS) is 10.6. The Morgan fingerprint density at radius 3 is 2.91 bits per heavy atom. The second-order valence-corrected chi connectivity index (χ2v) is 5.91. The highest BCUT2D eigenvalue weighted by molar-refractivity contribution is 7.17. The van der Waals surface area contributed by atoms with Crippen molar-refractivity contribution in [3.05, 3.63) is 65.0 Å². The maximum absolute atomic E-state index is 12.3. The minimum absolute atomic E-state index is 0.0136. The van der Waals surface area contributed by atoms with Crippen molar-refractivity contribution < 1.29 is 9.53 Å². The number of nitrogens with one attached hydrogen (secondary N) is 1. The quantitative estimate of drug-likeness (QED) is 0.776. The van der Waals surface area contributed by atoms with Gasteiger partial charge in [0.15, 0.2) is 0 Å². The third-order valence-corrected chi connectivity index (χ3v) is 4.52. The van der Waals surface area contributed by atoms with Crippen LogP contribution in [0.15, 0.2) is 53.9 Å². The maximum atomic E-state index is 12.3. The number of carbonyl (C=O) groups excluding carboxylic acids is 1. The summed E-state index contributed by atoms with van der Waals surface area (Å²) in [6, 6.07) is 15.9. The van der Waals surface area contributed by atoms with Crippen molar-refractivity contribution >= 4 is 27.3 Å². The number of hydrogen-bond donors (Lipinski definition) is 1. The van der Waals surface area contributed by atoms with Crippen molar-refractivity contribution in [1.29, 1.82) is 0 Å². The fourth-order valence-corrected chi connectivity index (χ4v) is 3.34. The molecule has 0 unspecified atom stereocenters. The van der Waals surface area contributed by atoms with E-state index in [0.717, 1.165) is 33.4 Å². The zero-order valence-electron chi connectivity index (χ0n) is 12.3. The van der Waals surface area contributed by atoms with Gasteiger partial charge in [-0.3, -0.25) is 4.79 Å². The van der Waals surface area contributed by atoms with Crippen LogP contribution in [0.2, 0.25) is 0 Å². The van der Waals surface area contributed by atoms with Gasteiger partial charge in [-0.15, -0.1) is 11.3 Å². The number of benzene rings is 2. The zero-order chi connectivity index (χ0) is 15.4. The lowest BCUT2D eigenvalue weighted by Crippen LogP contribution is -2.25. The van der Waals surface area contributed by atoms with Crippen LogP contribution in [0.1, 0.15) is 15.9 Å². The molecular formula is C18H17NO2S. The first-order valence-corrected chi connectivity index (χ1v) is 8.03. The van der Waals surface area contributed by atoms with E-state index < -0.39 is 0 Å². The minimum Gasteiger partial charge on any atom is -0.497 e. The average molecular weight is 311 g/mol. The van der Waals surface area contributed by atoms with Crippen molar-refractivity contribution in [1.82, 2.24) is 5.32 Å². The van der Waals surface area contributed by atoms with Crippen LogP contribution in [0.5, 0.6) is 5.75 Å². The van der Waals surface area contributed by atoms with Crippen LogP contribution in [0, 0.1) is 0 Å². The van der Waals surface area contributed by atoms with Gasteiger partial charge >= 0.3 is 0 Å². The summed E-state index contributed by atoms with van der Waals surface area (Å²) in [6.45, 7) is 0.607. The molecule has 3 aromatic rings. The SMILES string of the molecule is COc1cccc(CCNC(=O)c2csc3ccccc23)c1. The average Bonchev–Trinajstić information content (AvgIpc) is 2.99. The minimum atomic E-state index is -0.0136. The summed E-state index contributed by atoms with van der Waals surface area (Å²) >= 11 is 1.60. The molecular weight excluding hydrogens is 294 g/mol. The monoisotopic (exact) mass is 311 g/mol. The van der Waals surface area contributed by atoms with Crippen molar-refractivity contribution in [2.45, 2.75) is 6.42 Å². The highest BCUT2D eigenvalue weighted by Crippen LogP contribution is 2.25. The number of carbonyl (C=O) groups is 1. The van der Waals surface area contributed by atoms with Crippen molar-refractivity contribution in [2.24, 2.45) is 0 Å². The number of methoxy groups -OCH3 is 1. The maximum Gasteiger partial charge on any atom is 0.252 e. The lowest BCUT2D eigenvalue weighted by Gasteiger charge is -2.06. The molecule has 2 aromatic carbocycles. The van der Waals surface area contributed by atoms with E-state index in [1.165, 1.54) is 0 Å². The van der Waals surface area contributed by atoms with E-state index in [9.17, 15) is 4.79 Å². The largest absolute Gasteiger partial charge is 0.497 e. The summed E-state index contributed by atoms with van der Waals surface area (Å²) in [6.07, 6.45) is 0.783. The molecule has 1 heterocycles. The molecule has 0 saturated carbocycles. The van der Waals surface area contributed by atoms with Gasteiger partial charge in [0.2, 0.25) is 0 Å². The number of ether oxygens (including phenoxy) is 1. The van der Waals surface area contributed by atoms with E-state index in [-0.39, 0.29) is 5.91 Å². The second-order valence-electron chi connectivity index (χ2n) is 5.00. The molecule has 1 amide bonds. The Balaban J connectivity index is 1.62. The van der Waals surface area contributed by atoms with Gasteiger partial charge in [0, 0.05) is 22.0 Å². The first kappa shape index (κ1) is 14.6. The van der Waals surface area contributed by atoms with Crippen molar-refractivity contribution in [3.63, 3.8) is 0 Å². The second kappa shape index (κ2) is 6.62. The van der Waals surface area contributed by atoms with Gasteiger partial charge in [-0.1, -0.05) is 30.3 Å². The third kappa shape index (κ3) is 3.12. The molecule has 0 saturated heterocycles. The molecule has 4 heteroatoms. The highest BCUT2D eigenvalue weighted by Gasteiger charge is 2.11. The summed E-state index contributed by atoms with van der Waals surface area (Å²) in [7, 11) is 1.66. The van der Waals surface area contributed by atoms with Crippen LogP contribution in [0.4, 0.5) is 0 Å². The van der Waals surface area contributed by atoms with Gasteiger partial charge in [-0.2, -0.15) is 0 Å². The number of amides is 1. The first-order chi connectivity index (χ1) is 10.8. The number of fused-ring (bicyclic) bond motifs is 1. The molecule has 0 fully saturated rings. The summed E-state index contributed by atoms with van der Waals surface area (Å²) in [5, 5.41) is 5.93. The van der Waals surface area contributed by atoms with Crippen LogP contribution in [0.25, 0.3) is 10.1 Å². The van der Waals surface area contributed by atoms with Crippen LogP contribution in [-0.4, -0.2) is 19.6 Å². The Morgan fingerprint density at radius 1 is 1.18 bits per heavy atom. The summed E-state index contributed by atoms with van der Waals surface area (Å²) in [5.41, 5.74) is 1.90. The highest BCUT2D eigenvalue weighted by atomic mass is 32.1. The molecule has 3 nitrogen and oxygen atoms in total. The van der Waals surface area contributed by atoms with Crippen LogP contribution in [-0.2, 0) is 6.42 Å². The molecule has 0 aliphatic heterocycles. The standard InChI is InChI=1S/C18H17NO2S/c1-21-14-6-4-5-13(11-14)9-10-19-18(20)16-12-22-17-8-3-2-7-15(16)17/h2-8,11-12H,9-10H2,1H3,(H,19,20). The van der Waals surface area contributed by atoms with Crippen LogP contribution in [0.3, 0.4) is 0 Å². The molecule has 0 spiro atoms. The predicted octanol–water partition coefficient (Wildman–Crippen LogP) is 3.88. The van der Waals surface area contributed by atoms with Crippen molar-refractivity contribution in [2.75, 3.05) is 13.7 Å². The summed E-state index contributed by atoms with van der Waals surface area (Å²) in [5.74, 6) is 0.827. The third-order valence-electron chi connectivity index (χ3n) is 3.56. The lowest BCUT2D eigenvalue weighted by atomic mass is 10.1. The van der Waals surface area contributed by atoms with Crippen molar-refractivity contribution in [3.8, 4) is 5.75 Å². The van der Waals surface area contributed by atoms with Gasteiger partial charge < -0.3 is 10.1 Å². The smallest absolute Gasteiger partial charge is 0.252 e. The Labute approximate surface area is 133 Å². The van der Waals surface area contributed by atoms with E-state index in [1.807, 2.05) is 53.9 Å². The number of hydrogen-bond acceptors (Lipinski definition) is 3. The molecule has 0 aliphatic carbocycles. The first-order valence-electron chi connectivity index (χ1n) is 7.15. The lowest BCUT2D eigenvalue weighted by molar-refractivity contribution is 0.0956. The van der Waals surface area contributed by atoms with Gasteiger partial charge in [-0.05, 0) is 30.2 Å². The molecule has 0 aliphatic rings. The van der Waals surface area contributed by atoms with E-state index in [4.69, 9.17) is 4.74 Å². The Morgan fingerprint density at radius 2 is 2.05 bits per heavy atom. The van der Waals surface area contributed by atoms with Crippen LogP contribution < -0.4 is 10.1 Å². The summed E-state index contributed by atoms with van der Waals surface area (Å²) < 4.78 is 6.34. The molecule has 0 bridgehead atoms. The van der Waals surface area contributed by atoms with Gasteiger partial charge in [-0.25, -0.2) is 0 Å². The molecule has 1 aromatic heterocycles. The Hall–Kier alpha value is -2.33. The van der Waals surface area contributed by atoms with Gasteiger partial charge in [0.1, 0.15) is 5.75 Å². The van der Waals surface area contributed by atoms with E-state index in [2.05, 4.69) is 5.32 Å². The summed E-state index contributed by atoms with van der Waals surface area (Å²) in [4.78, 5) is 12.3. The van der Waals surface area contributed by atoms with Gasteiger partial charge in [0.25, 0.3) is 5.91 Å². The van der Waals surface area contributed by atoms with E-state index in [0.29, 0.717) is 6.54 Å². The van der Waals surface area contributed by atoms with Gasteiger partial charge in [0.05, 0.1) is 12.7 Å². The van der Waals surface area contributed by atoms with Crippen LogP contribution >= 0.6 is 11.3 Å². The molecule has 22 heavy (non-hydrogen) atoms. The number of thiophene rings is 1. The zero-order valence-corrected chi connectivity index (χ0v) is 13.2. The predicted molar refractivity (Wildman–Crippen MR) is 90.9 cm³/mol. The molecule has 0 radical (unpaired) electrons.